The molecular weight excluding hydrogens is 387 g/mol. The number of rotatable bonds is 7. The summed E-state index contributed by atoms with van der Waals surface area (Å²) in [5.41, 5.74) is 2.78. The predicted octanol–water partition coefficient (Wildman–Crippen LogP) is 3.87. The van der Waals surface area contributed by atoms with E-state index < -0.39 is 0 Å². The Morgan fingerprint density at radius 2 is 1.93 bits per heavy atom. The third-order valence-corrected chi connectivity index (χ3v) is 5.52. The van der Waals surface area contributed by atoms with Gasteiger partial charge in [0.1, 0.15) is 5.82 Å². The van der Waals surface area contributed by atoms with Crippen LogP contribution < -0.4 is 10.2 Å². The number of carbonyl (C=O) groups excluding carboxylic acids is 1. The molecule has 1 N–H and O–H groups in total. The van der Waals surface area contributed by atoms with Gasteiger partial charge in [0, 0.05) is 36.1 Å². The van der Waals surface area contributed by atoms with Gasteiger partial charge in [-0.15, -0.1) is 11.8 Å². The molecule has 1 aliphatic heterocycles. The molecule has 144 valence electrons. The molecule has 1 amide bonds. The van der Waals surface area contributed by atoms with Crippen molar-refractivity contribution in [3.63, 3.8) is 0 Å². The number of ether oxygens (including phenoxy) is 1. The van der Waals surface area contributed by atoms with Crippen LogP contribution in [0.3, 0.4) is 0 Å². The molecule has 1 aliphatic rings. The van der Waals surface area contributed by atoms with Crippen molar-refractivity contribution in [2.75, 3.05) is 37.0 Å². The Labute approximate surface area is 168 Å². The molecule has 2 aromatic carbocycles. The molecule has 0 aromatic heterocycles. The van der Waals surface area contributed by atoms with E-state index in [9.17, 15) is 9.18 Å². The van der Waals surface area contributed by atoms with Crippen molar-refractivity contribution in [3.8, 4) is 0 Å². The molecule has 1 heterocycles. The summed E-state index contributed by atoms with van der Waals surface area (Å²) in [4.78, 5) is 14.3. The number of benzene rings is 2. The molecule has 0 atom stereocenters. The van der Waals surface area contributed by atoms with E-state index >= 15 is 0 Å². The van der Waals surface area contributed by atoms with Crippen LogP contribution in [0.1, 0.15) is 11.1 Å². The smallest absolute Gasteiger partial charge is 0.230 e. The van der Waals surface area contributed by atoms with Crippen LogP contribution in [0.5, 0.6) is 0 Å². The maximum absolute atomic E-state index is 13.7. The van der Waals surface area contributed by atoms with Gasteiger partial charge in [0.15, 0.2) is 0 Å². The van der Waals surface area contributed by atoms with E-state index in [-0.39, 0.29) is 17.5 Å². The number of amides is 1. The Kier molecular flexibility index (Phi) is 7.38. The highest BCUT2D eigenvalue weighted by molar-refractivity contribution is 7.99. The summed E-state index contributed by atoms with van der Waals surface area (Å²) >= 11 is 7.11. The van der Waals surface area contributed by atoms with Crippen LogP contribution in [-0.2, 0) is 21.8 Å². The Morgan fingerprint density at radius 3 is 2.63 bits per heavy atom. The quantitative estimate of drug-likeness (QED) is 0.755. The van der Waals surface area contributed by atoms with Crippen molar-refractivity contribution in [2.24, 2.45) is 0 Å². The molecular formula is C20H22ClFN2O2S. The molecule has 0 aliphatic carbocycles. The van der Waals surface area contributed by atoms with Crippen molar-refractivity contribution in [1.82, 2.24) is 5.32 Å². The fourth-order valence-corrected chi connectivity index (χ4v) is 3.79. The molecule has 0 unspecified atom stereocenters. The van der Waals surface area contributed by atoms with Gasteiger partial charge in [-0.2, -0.15) is 0 Å². The first-order valence-electron chi connectivity index (χ1n) is 8.82. The minimum absolute atomic E-state index is 0.0633. The molecule has 4 nitrogen and oxygen atoms in total. The Balaban J connectivity index is 1.39. The van der Waals surface area contributed by atoms with E-state index in [4.69, 9.17) is 16.3 Å². The van der Waals surface area contributed by atoms with Gasteiger partial charge in [-0.25, -0.2) is 4.39 Å². The third kappa shape index (κ3) is 6.13. The summed E-state index contributed by atoms with van der Waals surface area (Å²) in [7, 11) is 0. The Hall–Kier alpha value is -1.76. The molecule has 0 saturated carbocycles. The number of thioether (sulfide) groups is 1. The van der Waals surface area contributed by atoms with Crippen molar-refractivity contribution in [3.05, 3.63) is 64.4 Å². The van der Waals surface area contributed by atoms with E-state index in [0.717, 1.165) is 31.9 Å². The number of nitrogens with zero attached hydrogens (tertiary/aromatic N) is 1. The summed E-state index contributed by atoms with van der Waals surface area (Å²) in [6, 6.07) is 12.8. The summed E-state index contributed by atoms with van der Waals surface area (Å²) in [5, 5.41) is 3.27. The normalized spacial score (nSPS) is 14.2. The number of halogens is 2. The van der Waals surface area contributed by atoms with E-state index in [0.29, 0.717) is 22.9 Å². The molecule has 2 aromatic rings. The molecule has 0 spiro atoms. The van der Waals surface area contributed by atoms with Crippen LogP contribution in [0, 0.1) is 5.82 Å². The molecule has 3 rings (SSSR count). The van der Waals surface area contributed by atoms with Crippen LogP contribution in [-0.4, -0.2) is 38.0 Å². The monoisotopic (exact) mass is 408 g/mol. The summed E-state index contributed by atoms with van der Waals surface area (Å²) in [5.74, 6) is 0.320. The summed E-state index contributed by atoms with van der Waals surface area (Å²) in [6.07, 6.45) is 0. The fourth-order valence-electron chi connectivity index (χ4n) is 2.79. The van der Waals surface area contributed by atoms with Crippen LogP contribution in [0.2, 0.25) is 5.02 Å². The van der Waals surface area contributed by atoms with Gasteiger partial charge in [0.2, 0.25) is 5.91 Å². The maximum Gasteiger partial charge on any atom is 0.230 e. The van der Waals surface area contributed by atoms with Gasteiger partial charge < -0.3 is 15.0 Å². The van der Waals surface area contributed by atoms with Crippen LogP contribution in [0.25, 0.3) is 0 Å². The first-order valence-corrected chi connectivity index (χ1v) is 10.3. The van der Waals surface area contributed by atoms with E-state index in [1.807, 2.05) is 12.1 Å². The van der Waals surface area contributed by atoms with Crippen molar-refractivity contribution >= 4 is 35.0 Å². The minimum atomic E-state index is -0.337. The van der Waals surface area contributed by atoms with E-state index in [2.05, 4.69) is 22.3 Å². The average molecular weight is 409 g/mol. The van der Waals surface area contributed by atoms with Gasteiger partial charge >= 0.3 is 0 Å². The van der Waals surface area contributed by atoms with E-state index in [1.165, 1.54) is 23.5 Å². The zero-order valence-corrected chi connectivity index (χ0v) is 16.5. The molecule has 0 bridgehead atoms. The first kappa shape index (κ1) is 20.0. The minimum Gasteiger partial charge on any atom is -0.378 e. The van der Waals surface area contributed by atoms with Gasteiger partial charge in [0.05, 0.1) is 19.0 Å². The lowest BCUT2D eigenvalue weighted by molar-refractivity contribution is -0.118. The maximum atomic E-state index is 13.7. The average Bonchev–Trinajstić information content (AvgIpc) is 2.69. The number of anilines is 1. The standard InChI is InChI=1S/C20H22ClFN2O2S/c21-17-4-3-16(19(22)11-17)13-27-14-20(25)23-12-15-1-5-18(6-2-15)24-7-9-26-10-8-24/h1-6,11H,7-10,12-14H2,(H,23,25). The van der Waals surface area contributed by atoms with E-state index in [1.54, 1.807) is 12.1 Å². The number of hydrogen-bond acceptors (Lipinski definition) is 4. The van der Waals surface area contributed by atoms with Crippen LogP contribution in [0.15, 0.2) is 42.5 Å². The van der Waals surface area contributed by atoms with Crippen LogP contribution >= 0.6 is 23.4 Å². The highest BCUT2D eigenvalue weighted by Crippen LogP contribution is 2.19. The summed E-state index contributed by atoms with van der Waals surface area (Å²) < 4.78 is 19.1. The SMILES string of the molecule is O=C(CSCc1ccc(Cl)cc1F)NCc1ccc(N2CCOCC2)cc1. The zero-order chi connectivity index (χ0) is 19.1. The zero-order valence-electron chi connectivity index (χ0n) is 14.9. The van der Waals surface area contributed by atoms with Gasteiger partial charge in [-0.05, 0) is 35.4 Å². The Morgan fingerprint density at radius 1 is 1.19 bits per heavy atom. The second kappa shape index (κ2) is 9.97. The molecule has 1 saturated heterocycles. The lowest BCUT2D eigenvalue weighted by Gasteiger charge is -2.28. The molecule has 0 radical (unpaired) electrons. The van der Waals surface area contributed by atoms with Crippen LogP contribution in [0.4, 0.5) is 10.1 Å². The second-order valence-corrected chi connectivity index (χ2v) is 7.69. The number of nitrogens with one attached hydrogen (secondary N) is 1. The van der Waals surface area contributed by atoms with Gasteiger partial charge in [0.25, 0.3) is 0 Å². The number of morpholine rings is 1. The van der Waals surface area contributed by atoms with Gasteiger partial charge in [-0.3, -0.25) is 4.79 Å². The van der Waals surface area contributed by atoms with Crippen molar-refractivity contribution < 1.29 is 13.9 Å². The fraction of sp³-hybridized carbons (Fsp3) is 0.350. The lowest BCUT2D eigenvalue weighted by Crippen LogP contribution is -2.36. The highest BCUT2D eigenvalue weighted by atomic mass is 35.5. The first-order chi connectivity index (χ1) is 13.1. The summed E-state index contributed by atoms with van der Waals surface area (Å²) in [6.45, 7) is 3.81. The van der Waals surface area contributed by atoms with Gasteiger partial charge in [-0.1, -0.05) is 29.8 Å². The predicted molar refractivity (Wildman–Crippen MR) is 109 cm³/mol. The topological polar surface area (TPSA) is 41.6 Å². The largest absolute Gasteiger partial charge is 0.378 e. The molecule has 7 heteroatoms. The second-order valence-electron chi connectivity index (χ2n) is 6.27. The molecule has 1 fully saturated rings. The van der Waals surface area contributed by atoms with Crippen molar-refractivity contribution in [1.29, 1.82) is 0 Å². The highest BCUT2D eigenvalue weighted by Gasteiger charge is 2.11. The third-order valence-electron chi connectivity index (χ3n) is 4.31. The lowest BCUT2D eigenvalue weighted by atomic mass is 10.2. The number of hydrogen-bond donors (Lipinski definition) is 1. The Bertz CT molecular complexity index is 767. The molecule has 27 heavy (non-hydrogen) atoms. The van der Waals surface area contributed by atoms with Crippen molar-refractivity contribution in [2.45, 2.75) is 12.3 Å². The number of carbonyl (C=O) groups is 1.